The molecule has 0 saturated heterocycles. The number of amides is 2. The summed E-state index contributed by atoms with van der Waals surface area (Å²) < 4.78 is 5.59. The van der Waals surface area contributed by atoms with Crippen molar-refractivity contribution in [2.75, 3.05) is 18.5 Å². The van der Waals surface area contributed by atoms with Crippen molar-refractivity contribution in [3.8, 4) is 5.75 Å². The Balaban J connectivity index is 1.25. The Morgan fingerprint density at radius 3 is 2.52 bits per heavy atom. The molecule has 27 heavy (non-hydrogen) atoms. The average molecular weight is 364 g/mol. The lowest BCUT2D eigenvalue weighted by molar-refractivity contribution is -0.123. The first-order valence-corrected chi connectivity index (χ1v) is 9.51. The molecular formula is C22H24N2O3. The molecule has 0 heterocycles. The number of rotatable bonds is 8. The number of benzene rings is 2. The molecule has 2 saturated carbocycles. The van der Waals surface area contributed by atoms with Gasteiger partial charge in [-0.3, -0.25) is 9.59 Å². The molecule has 2 N–H and O–H groups in total. The lowest BCUT2D eigenvalue weighted by Crippen LogP contribution is -2.35. The first kappa shape index (κ1) is 17.6. The molecule has 140 valence electrons. The van der Waals surface area contributed by atoms with Crippen LogP contribution in [-0.4, -0.2) is 25.0 Å². The van der Waals surface area contributed by atoms with Crippen LogP contribution < -0.4 is 15.4 Å². The van der Waals surface area contributed by atoms with Gasteiger partial charge in [0.2, 0.25) is 5.91 Å². The minimum atomic E-state index is -0.135. The largest absolute Gasteiger partial charge is 0.484 e. The van der Waals surface area contributed by atoms with Crippen LogP contribution in [0.25, 0.3) is 0 Å². The number of ether oxygens (including phenoxy) is 1. The van der Waals surface area contributed by atoms with Gasteiger partial charge in [0.05, 0.1) is 0 Å². The SMILES string of the molecule is O=C(COc1cccc(NC(=O)C2CC2)c1)NCC1(c2ccccc2)CC1. The summed E-state index contributed by atoms with van der Waals surface area (Å²) in [6.45, 7) is 0.599. The fraction of sp³-hybridized carbons (Fsp3) is 0.364. The summed E-state index contributed by atoms with van der Waals surface area (Å²) in [7, 11) is 0. The molecule has 2 aromatic carbocycles. The van der Waals surface area contributed by atoms with Crippen molar-refractivity contribution < 1.29 is 14.3 Å². The van der Waals surface area contributed by atoms with Crippen LogP contribution in [0.3, 0.4) is 0 Å². The molecule has 5 nitrogen and oxygen atoms in total. The van der Waals surface area contributed by atoms with E-state index in [1.807, 2.05) is 30.3 Å². The Morgan fingerprint density at radius 2 is 1.81 bits per heavy atom. The van der Waals surface area contributed by atoms with E-state index in [1.165, 1.54) is 5.56 Å². The Morgan fingerprint density at radius 1 is 1.04 bits per heavy atom. The monoisotopic (exact) mass is 364 g/mol. The highest BCUT2D eigenvalue weighted by molar-refractivity contribution is 5.94. The van der Waals surface area contributed by atoms with E-state index < -0.39 is 0 Å². The van der Waals surface area contributed by atoms with Gasteiger partial charge in [0.1, 0.15) is 5.75 Å². The predicted molar refractivity (Wildman–Crippen MR) is 104 cm³/mol. The van der Waals surface area contributed by atoms with Crippen LogP contribution in [0.4, 0.5) is 5.69 Å². The Labute approximate surface area is 159 Å². The second kappa shape index (κ2) is 7.43. The Kier molecular flexibility index (Phi) is 4.84. The third-order valence-corrected chi connectivity index (χ3v) is 5.28. The first-order chi connectivity index (χ1) is 13.1. The number of carbonyl (C=O) groups excluding carboxylic acids is 2. The molecule has 0 radical (unpaired) electrons. The number of hydrogen-bond donors (Lipinski definition) is 2. The van der Waals surface area contributed by atoms with E-state index in [0.717, 1.165) is 25.7 Å². The van der Waals surface area contributed by atoms with Gasteiger partial charge in [-0.25, -0.2) is 0 Å². The van der Waals surface area contributed by atoms with E-state index in [9.17, 15) is 9.59 Å². The molecular weight excluding hydrogens is 340 g/mol. The van der Waals surface area contributed by atoms with Crippen LogP contribution in [0.5, 0.6) is 5.75 Å². The Hall–Kier alpha value is -2.82. The fourth-order valence-electron chi connectivity index (χ4n) is 3.23. The van der Waals surface area contributed by atoms with Gasteiger partial charge in [0.15, 0.2) is 6.61 Å². The highest BCUT2D eigenvalue weighted by atomic mass is 16.5. The lowest BCUT2D eigenvalue weighted by atomic mass is 9.96. The molecule has 2 amide bonds. The van der Waals surface area contributed by atoms with Gasteiger partial charge in [-0.05, 0) is 43.4 Å². The fourth-order valence-corrected chi connectivity index (χ4v) is 3.23. The highest BCUT2D eigenvalue weighted by Gasteiger charge is 2.44. The number of nitrogens with one attached hydrogen (secondary N) is 2. The summed E-state index contributed by atoms with van der Waals surface area (Å²) in [6.07, 6.45) is 4.13. The molecule has 0 aliphatic heterocycles. The Bertz CT molecular complexity index is 826. The van der Waals surface area contributed by atoms with Gasteiger partial charge >= 0.3 is 0 Å². The van der Waals surface area contributed by atoms with Crippen molar-refractivity contribution in [2.24, 2.45) is 5.92 Å². The molecule has 5 heteroatoms. The maximum atomic E-state index is 12.2. The molecule has 4 rings (SSSR count). The smallest absolute Gasteiger partial charge is 0.257 e. The molecule has 0 bridgehead atoms. The molecule has 2 aliphatic rings. The summed E-state index contributed by atoms with van der Waals surface area (Å²) in [5, 5.41) is 5.87. The van der Waals surface area contributed by atoms with Crippen molar-refractivity contribution in [2.45, 2.75) is 31.1 Å². The highest BCUT2D eigenvalue weighted by Crippen LogP contribution is 2.47. The van der Waals surface area contributed by atoms with Crippen molar-refractivity contribution in [1.29, 1.82) is 0 Å². The van der Waals surface area contributed by atoms with Crippen molar-refractivity contribution in [3.05, 3.63) is 60.2 Å². The molecule has 2 fully saturated rings. The third-order valence-electron chi connectivity index (χ3n) is 5.28. The number of anilines is 1. The standard InChI is InChI=1S/C22H24N2O3/c25-20(23-15-22(11-12-22)17-5-2-1-3-6-17)14-27-19-8-4-7-18(13-19)24-21(26)16-9-10-16/h1-8,13,16H,9-12,14-15H2,(H,23,25)(H,24,26). The van der Waals surface area contributed by atoms with Gasteiger partial charge in [0, 0.05) is 29.6 Å². The lowest BCUT2D eigenvalue weighted by Gasteiger charge is -2.16. The zero-order chi connectivity index (χ0) is 18.7. The van der Waals surface area contributed by atoms with Gasteiger partial charge in [-0.1, -0.05) is 36.4 Å². The van der Waals surface area contributed by atoms with E-state index in [2.05, 4.69) is 22.8 Å². The first-order valence-electron chi connectivity index (χ1n) is 9.51. The second-order valence-electron chi connectivity index (χ2n) is 7.50. The summed E-state index contributed by atoms with van der Waals surface area (Å²) in [4.78, 5) is 24.0. The minimum Gasteiger partial charge on any atom is -0.484 e. The molecule has 0 aromatic heterocycles. The van der Waals surface area contributed by atoms with Gasteiger partial charge in [-0.15, -0.1) is 0 Å². The molecule has 0 atom stereocenters. The zero-order valence-corrected chi connectivity index (χ0v) is 15.2. The number of carbonyl (C=O) groups is 2. The normalized spacial score (nSPS) is 17.0. The van der Waals surface area contributed by atoms with Crippen LogP contribution in [0, 0.1) is 5.92 Å². The van der Waals surface area contributed by atoms with E-state index in [1.54, 1.807) is 12.1 Å². The summed E-state index contributed by atoms with van der Waals surface area (Å²) in [6, 6.07) is 17.5. The van der Waals surface area contributed by atoms with Gasteiger partial charge < -0.3 is 15.4 Å². The van der Waals surface area contributed by atoms with Crippen LogP contribution in [0.1, 0.15) is 31.2 Å². The summed E-state index contributed by atoms with van der Waals surface area (Å²) >= 11 is 0. The van der Waals surface area contributed by atoms with Crippen LogP contribution >= 0.6 is 0 Å². The molecule has 0 unspecified atom stereocenters. The van der Waals surface area contributed by atoms with Gasteiger partial charge in [0.25, 0.3) is 5.91 Å². The number of hydrogen-bond acceptors (Lipinski definition) is 3. The third kappa shape index (κ3) is 4.48. The molecule has 2 aromatic rings. The minimum absolute atomic E-state index is 0.0368. The van der Waals surface area contributed by atoms with Crippen molar-refractivity contribution in [3.63, 3.8) is 0 Å². The maximum absolute atomic E-state index is 12.2. The van der Waals surface area contributed by atoms with E-state index in [-0.39, 0.29) is 29.8 Å². The zero-order valence-electron chi connectivity index (χ0n) is 15.2. The topological polar surface area (TPSA) is 67.4 Å². The molecule has 0 spiro atoms. The van der Waals surface area contributed by atoms with E-state index in [4.69, 9.17) is 4.74 Å². The second-order valence-corrected chi connectivity index (χ2v) is 7.50. The van der Waals surface area contributed by atoms with E-state index in [0.29, 0.717) is 18.0 Å². The summed E-state index contributed by atoms with van der Waals surface area (Å²) in [5.74, 6) is 0.646. The summed E-state index contributed by atoms with van der Waals surface area (Å²) in [5.41, 5.74) is 2.07. The van der Waals surface area contributed by atoms with E-state index >= 15 is 0 Å². The van der Waals surface area contributed by atoms with Gasteiger partial charge in [-0.2, -0.15) is 0 Å². The van der Waals surface area contributed by atoms with Crippen molar-refractivity contribution in [1.82, 2.24) is 5.32 Å². The quantitative estimate of drug-likeness (QED) is 0.755. The average Bonchev–Trinajstić information content (AvgIpc) is 3.60. The van der Waals surface area contributed by atoms with Crippen LogP contribution in [0.2, 0.25) is 0 Å². The maximum Gasteiger partial charge on any atom is 0.257 e. The van der Waals surface area contributed by atoms with Crippen molar-refractivity contribution >= 4 is 17.5 Å². The van der Waals surface area contributed by atoms with Crippen LogP contribution in [0.15, 0.2) is 54.6 Å². The predicted octanol–water partition coefficient (Wildman–Crippen LogP) is 3.26. The van der Waals surface area contributed by atoms with Crippen LogP contribution in [-0.2, 0) is 15.0 Å². The molecule has 2 aliphatic carbocycles.